The number of likely N-dealkylation sites (N-methyl/N-ethyl adjacent to an activating group) is 1. The molecule has 0 aromatic carbocycles. The summed E-state index contributed by atoms with van der Waals surface area (Å²) in [6.07, 6.45) is 0. The standard InChI is InChI=1S/C5H13N2/c1-5(6)4-7(2)3/h4-5H,6H2,1-3H3. The van der Waals surface area contributed by atoms with E-state index in [-0.39, 0.29) is 6.04 Å². The van der Waals surface area contributed by atoms with Crippen molar-refractivity contribution in [3.63, 3.8) is 0 Å². The van der Waals surface area contributed by atoms with Crippen molar-refractivity contribution in [3.8, 4) is 0 Å². The summed E-state index contributed by atoms with van der Waals surface area (Å²) in [5.74, 6) is 0. The van der Waals surface area contributed by atoms with Crippen LogP contribution in [0.4, 0.5) is 0 Å². The van der Waals surface area contributed by atoms with E-state index in [0.717, 1.165) is 0 Å². The minimum absolute atomic E-state index is 0.176. The van der Waals surface area contributed by atoms with E-state index in [1.165, 1.54) is 0 Å². The average Bonchev–Trinajstić information content (AvgIpc) is 1.27. The summed E-state index contributed by atoms with van der Waals surface area (Å²) in [6, 6.07) is 0.176. The lowest BCUT2D eigenvalue weighted by Gasteiger charge is -2.10. The van der Waals surface area contributed by atoms with Crippen molar-refractivity contribution in [3.05, 3.63) is 6.54 Å². The lowest BCUT2D eigenvalue weighted by atomic mass is 10.3. The molecule has 2 nitrogen and oxygen atoms in total. The topological polar surface area (TPSA) is 29.3 Å². The Kier molecular flexibility index (Phi) is 2.96. The van der Waals surface area contributed by atoms with Gasteiger partial charge in [-0.25, -0.2) is 0 Å². The fraction of sp³-hybridized carbons (Fsp3) is 0.800. The van der Waals surface area contributed by atoms with Crippen LogP contribution in [-0.4, -0.2) is 25.0 Å². The molecule has 0 aromatic rings. The number of nitrogens with zero attached hydrogens (tertiary/aromatic N) is 1. The molecule has 43 valence electrons. The lowest BCUT2D eigenvalue weighted by molar-refractivity contribution is 0.460. The third kappa shape index (κ3) is 5.92. The van der Waals surface area contributed by atoms with E-state index < -0.39 is 0 Å². The molecule has 1 radical (unpaired) electrons. The lowest BCUT2D eigenvalue weighted by Crippen LogP contribution is -2.24. The Morgan fingerprint density at radius 2 is 2.00 bits per heavy atom. The molecule has 0 rings (SSSR count). The Hall–Kier alpha value is -0.0800. The van der Waals surface area contributed by atoms with Gasteiger partial charge in [-0.05, 0) is 21.0 Å². The summed E-state index contributed by atoms with van der Waals surface area (Å²) in [6.45, 7) is 3.89. The summed E-state index contributed by atoms with van der Waals surface area (Å²) in [5.41, 5.74) is 5.40. The van der Waals surface area contributed by atoms with Gasteiger partial charge >= 0.3 is 0 Å². The molecule has 0 aromatic heterocycles. The van der Waals surface area contributed by atoms with E-state index in [2.05, 4.69) is 0 Å². The van der Waals surface area contributed by atoms with Gasteiger partial charge in [0.25, 0.3) is 0 Å². The predicted molar refractivity (Wildman–Crippen MR) is 31.6 cm³/mol. The highest BCUT2D eigenvalue weighted by Gasteiger charge is 1.93. The van der Waals surface area contributed by atoms with Crippen LogP contribution in [-0.2, 0) is 0 Å². The Morgan fingerprint density at radius 1 is 1.57 bits per heavy atom. The molecule has 0 fully saturated rings. The Morgan fingerprint density at radius 3 is 2.00 bits per heavy atom. The summed E-state index contributed by atoms with van der Waals surface area (Å²) < 4.78 is 0. The van der Waals surface area contributed by atoms with Gasteiger partial charge in [0, 0.05) is 12.6 Å². The van der Waals surface area contributed by atoms with Crippen LogP contribution < -0.4 is 5.73 Å². The van der Waals surface area contributed by atoms with Crippen molar-refractivity contribution in [1.82, 2.24) is 4.90 Å². The third-order valence-corrected chi connectivity index (χ3v) is 0.533. The molecule has 0 aliphatic carbocycles. The van der Waals surface area contributed by atoms with E-state index in [0.29, 0.717) is 0 Å². The van der Waals surface area contributed by atoms with Gasteiger partial charge in [0.1, 0.15) is 0 Å². The molecule has 0 aliphatic heterocycles. The van der Waals surface area contributed by atoms with Crippen LogP contribution in [0.1, 0.15) is 6.92 Å². The molecule has 7 heavy (non-hydrogen) atoms. The first-order valence-electron chi connectivity index (χ1n) is 2.40. The van der Waals surface area contributed by atoms with Gasteiger partial charge in [0.05, 0.1) is 0 Å². The maximum atomic E-state index is 5.40. The van der Waals surface area contributed by atoms with Crippen LogP contribution in [0.3, 0.4) is 0 Å². The van der Waals surface area contributed by atoms with E-state index in [4.69, 9.17) is 5.73 Å². The molecule has 0 spiro atoms. The smallest absolute Gasteiger partial charge is 0.0408 e. The first-order chi connectivity index (χ1) is 3.13. The van der Waals surface area contributed by atoms with Crippen LogP contribution >= 0.6 is 0 Å². The zero-order chi connectivity index (χ0) is 5.86. The number of hydrogen-bond donors (Lipinski definition) is 1. The minimum atomic E-state index is 0.176. The summed E-state index contributed by atoms with van der Waals surface area (Å²) >= 11 is 0. The normalized spacial score (nSPS) is 15.0. The van der Waals surface area contributed by atoms with Crippen molar-refractivity contribution in [2.45, 2.75) is 13.0 Å². The molecule has 0 bridgehead atoms. The molecule has 0 saturated carbocycles. The molecular formula is C5H13N2. The average molecular weight is 101 g/mol. The SMILES string of the molecule is CC(N)[CH]N(C)C. The van der Waals surface area contributed by atoms with Gasteiger partial charge in [-0.3, -0.25) is 0 Å². The molecule has 0 saturated heterocycles. The zero-order valence-electron chi connectivity index (χ0n) is 5.18. The van der Waals surface area contributed by atoms with Crippen molar-refractivity contribution in [2.75, 3.05) is 14.1 Å². The van der Waals surface area contributed by atoms with Crippen LogP contribution in [0, 0.1) is 6.54 Å². The molecule has 2 N–H and O–H groups in total. The van der Waals surface area contributed by atoms with Crippen molar-refractivity contribution < 1.29 is 0 Å². The third-order valence-electron chi connectivity index (χ3n) is 0.533. The van der Waals surface area contributed by atoms with Crippen molar-refractivity contribution in [2.24, 2.45) is 5.73 Å². The summed E-state index contributed by atoms with van der Waals surface area (Å²) in [7, 11) is 3.92. The van der Waals surface area contributed by atoms with Gasteiger partial charge in [0.2, 0.25) is 0 Å². The highest BCUT2D eigenvalue weighted by molar-refractivity contribution is 4.70. The van der Waals surface area contributed by atoms with Gasteiger partial charge in [0.15, 0.2) is 0 Å². The molecular weight excluding hydrogens is 88.1 g/mol. The van der Waals surface area contributed by atoms with Crippen LogP contribution in [0.5, 0.6) is 0 Å². The van der Waals surface area contributed by atoms with Gasteiger partial charge in [-0.2, -0.15) is 0 Å². The molecule has 2 heteroatoms. The Balaban J connectivity index is 2.95. The van der Waals surface area contributed by atoms with Crippen molar-refractivity contribution in [1.29, 1.82) is 0 Å². The Bertz CT molecular complexity index is 35.3. The molecule has 0 amide bonds. The first kappa shape index (κ1) is 6.92. The van der Waals surface area contributed by atoms with Crippen molar-refractivity contribution >= 4 is 0 Å². The summed E-state index contributed by atoms with van der Waals surface area (Å²) in [4.78, 5) is 1.95. The highest BCUT2D eigenvalue weighted by atomic mass is 15.1. The fourth-order valence-corrected chi connectivity index (χ4v) is 0.470. The second-order valence-electron chi connectivity index (χ2n) is 1.97. The maximum absolute atomic E-state index is 5.40. The molecule has 0 aliphatic rings. The molecule has 1 atom stereocenters. The van der Waals surface area contributed by atoms with E-state index in [9.17, 15) is 0 Å². The van der Waals surface area contributed by atoms with E-state index in [1.807, 2.05) is 32.5 Å². The largest absolute Gasteiger partial charge is 0.326 e. The zero-order valence-corrected chi connectivity index (χ0v) is 5.18. The van der Waals surface area contributed by atoms with Gasteiger partial charge in [-0.15, -0.1) is 0 Å². The van der Waals surface area contributed by atoms with E-state index >= 15 is 0 Å². The second-order valence-corrected chi connectivity index (χ2v) is 1.97. The van der Waals surface area contributed by atoms with Gasteiger partial charge < -0.3 is 10.6 Å². The monoisotopic (exact) mass is 101 g/mol. The molecule has 1 unspecified atom stereocenters. The fourth-order valence-electron chi connectivity index (χ4n) is 0.470. The molecule has 0 heterocycles. The highest BCUT2D eigenvalue weighted by Crippen LogP contribution is 1.84. The van der Waals surface area contributed by atoms with Crippen LogP contribution in [0.25, 0.3) is 0 Å². The quantitative estimate of drug-likeness (QED) is 0.533. The summed E-state index contributed by atoms with van der Waals surface area (Å²) in [5, 5.41) is 0. The Labute approximate surface area is 45.3 Å². The predicted octanol–water partition coefficient (Wildman–Crippen LogP) is 0.0570. The van der Waals surface area contributed by atoms with Crippen LogP contribution in [0.15, 0.2) is 0 Å². The maximum Gasteiger partial charge on any atom is 0.0408 e. The minimum Gasteiger partial charge on any atom is -0.326 e. The van der Waals surface area contributed by atoms with Crippen LogP contribution in [0.2, 0.25) is 0 Å². The number of hydrogen-bond acceptors (Lipinski definition) is 2. The number of nitrogens with two attached hydrogens (primary N) is 1. The first-order valence-corrected chi connectivity index (χ1v) is 2.40. The van der Waals surface area contributed by atoms with Gasteiger partial charge in [-0.1, -0.05) is 0 Å². The van der Waals surface area contributed by atoms with E-state index in [1.54, 1.807) is 0 Å². The number of rotatable bonds is 2. The second kappa shape index (κ2) is 2.99.